The largest absolute Gasteiger partial charge is 0.497 e. The van der Waals surface area contributed by atoms with Crippen molar-refractivity contribution in [2.45, 2.75) is 38.2 Å². The summed E-state index contributed by atoms with van der Waals surface area (Å²) in [5, 5.41) is 29.7. The molecule has 34 heavy (non-hydrogen) atoms. The average molecular weight is 465 g/mol. The SMILES string of the molecule is COc1ccc2nccc([C@@H](O)CC[C@@H]3CCN(CCCc4cccnn4)C[C@@H]3C(=O)O)c2c1. The number of aryl methyl sites for hydroxylation is 1. The lowest BCUT2D eigenvalue weighted by Crippen LogP contribution is -2.44. The van der Waals surface area contributed by atoms with Crippen LogP contribution in [-0.2, 0) is 11.2 Å². The van der Waals surface area contributed by atoms with Crippen LogP contribution in [-0.4, -0.2) is 63.0 Å². The van der Waals surface area contributed by atoms with Gasteiger partial charge in [0.15, 0.2) is 0 Å². The van der Waals surface area contributed by atoms with Crippen molar-refractivity contribution >= 4 is 16.9 Å². The zero-order valence-electron chi connectivity index (χ0n) is 19.5. The number of carboxylic acid groups (broad SMARTS) is 1. The van der Waals surface area contributed by atoms with E-state index in [1.807, 2.05) is 36.4 Å². The van der Waals surface area contributed by atoms with E-state index in [-0.39, 0.29) is 5.92 Å². The molecule has 8 heteroatoms. The number of aromatic nitrogens is 3. The van der Waals surface area contributed by atoms with E-state index >= 15 is 0 Å². The minimum absolute atomic E-state index is 0.0472. The predicted molar refractivity (Wildman–Crippen MR) is 129 cm³/mol. The fourth-order valence-corrected chi connectivity index (χ4v) is 4.94. The Kier molecular flexibility index (Phi) is 8.03. The molecule has 2 aromatic heterocycles. The Morgan fingerprint density at radius 2 is 2.15 bits per heavy atom. The van der Waals surface area contributed by atoms with Crippen molar-refractivity contribution in [1.82, 2.24) is 20.1 Å². The molecular weight excluding hydrogens is 432 g/mol. The molecule has 1 aromatic carbocycles. The van der Waals surface area contributed by atoms with Crippen LogP contribution in [0.3, 0.4) is 0 Å². The van der Waals surface area contributed by atoms with Crippen LogP contribution in [0.1, 0.15) is 43.0 Å². The highest BCUT2D eigenvalue weighted by Crippen LogP contribution is 2.33. The molecular formula is C26H32N4O4. The predicted octanol–water partition coefficient (Wildman–Crippen LogP) is 3.50. The molecule has 0 saturated carbocycles. The summed E-state index contributed by atoms with van der Waals surface area (Å²) in [7, 11) is 1.61. The molecule has 0 aliphatic carbocycles. The summed E-state index contributed by atoms with van der Waals surface area (Å²) in [6.07, 6.45) is 6.44. The Hall–Kier alpha value is -3.10. The molecule has 0 radical (unpaired) electrons. The van der Waals surface area contributed by atoms with Crippen molar-refractivity contribution in [2.75, 3.05) is 26.7 Å². The van der Waals surface area contributed by atoms with Gasteiger partial charge in [0.2, 0.25) is 0 Å². The molecule has 0 amide bonds. The Morgan fingerprint density at radius 1 is 1.26 bits per heavy atom. The third-order valence-corrected chi connectivity index (χ3v) is 6.84. The van der Waals surface area contributed by atoms with Gasteiger partial charge in [0, 0.05) is 24.3 Å². The number of hydrogen-bond acceptors (Lipinski definition) is 7. The summed E-state index contributed by atoms with van der Waals surface area (Å²) in [6.45, 7) is 2.27. The maximum atomic E-state index is 12.0. The van der Waals surface area contributed by atoms with Crippen LogP contribution in [0.25, 0.3) is 10.9 Å². The third-order valence-electron chi connectivity index (χ3n) is 6.84. The zero-order valence-corrected chi connectivity index (χ0v) is 19.5. The van der Waals surface area contributed by atoms with Crippen molar-refractivity contribution in [3.05, 3.63) is 60.0 Å². The van der Waals surface area contributed by atoms with E-state index in [0.717, 1.165) is 54.5 Å². The number of aliphatic hydroxyl groups excluding tert-OH is 1. The molecule has 3 atom stereocenters. The fourth-order valence-electron chi connectivity index (χ4n) is 4.94. The summed E-state index contributed by atoms with van der Waals surface area (Å²) < 4.78 is 5.33. The second-order valence-corrected chi connectivity index (χ2v) is 8.99. The number of carbonyl (C=O) groups is 1. The van der Waals surface area contributed by atoms with E-state index in [4.69, 9.17) is 4.74 Å². The Bertz CT molecular complexity index is 1090. The van der Waals surface area contributed by atoms with Crippen LogP contribution in [0.5, 0.6) is 5.75 Å². The van der Waals surface area contributed by atoms with Crippen LogP contribution in [0.15, 0.2) is 48.8 Å². The van der Waals surface area contributed by atoms with E-state index in [1.54, 1.807) is 19.5 Å². The van der Waals surface area contributed by atoms with Gasteiger partial charge in [0.05, 0.1) is 30.3 Å². The number of rotatable bonds is 10. The second-order valence-electron chi connectivity index (χ2n) is 8.99. The first kappa shape index (κ1) is 24.0. The molecule has 4 rings (SSSR count). The number of carboxylic acids is 1. The monoisotopic (exact) mass is 464 g/mol. The first-order chi connectivity index (χ1) is 16.5. The van der Waals surface area contributed by atoms with Gasteiger partial charge >= 0.3 is 5.97 Å². The highest BCUT2D eigenvalue weighted by molar-refractivity contribution is 5.83. The Labute approximate surface area is 199 Å². The molecule has 8 nitrogen and oxygen atoms in total. The number of nitrogens with zero attached hydrogens (tertiary/aromatic N) is 4. The van der Waals surface area contributed by atoms with Gasteiger partial charge in [-0.05, 0) is 93.1 Å². The number of pyridine rings is 1. The summed E-state index contributed by atoms with van der Waals surface area (Å²) in [6, 6.07) is 11.3. The number of likely N-dealkylation sites (tertiary alicyclic amines) is 1. The van der Waals surface area contributed by atoms with Crippen LogP contribution in [0, 0.1) is 11.8 Å². The number of hydrogen-bond donors (Lipinski definition) is 2. The number of piperidine rings is 1. The standard InChI is InChI=1S/C26H32N4O4/c1-34-20-7-8-24-22(16-20)21(10-13-27-24)25(31)9-6-18-11-15-30(17-23(18)26(32)33)14-3-5-19-4-2-12-28-29-19/h2,4,7-8,10,12-13,16,18,23,25,31H,3,5-6,9,11,14-15,17H2,1H3,(H,32,33)/t18-,23+,25+/m1/s1. The molecule has 1 aliphatic heterocycles. The van der Waals surface area contributed by atoms with Gasteiger partial charge in [-0.25, -0.2) is 0 Å². The van der Waals surface area contributed by atoms with Crippen LogP contribution in [0.4, 0.5) is 0 Å². The Balaban J connectivity index is 1.34. The highest BCUT2D eigenvalue weighted by atomic mass is 16.5. The number of benzene rings is 1. The van der Waals surface area contributed by atoms with Gasteiger partial charge in [0.1, 0.15) is 5.75 Å². The molecule has 1 aliphatic rings. The van der Waals surface area contributed by atoms with Gasteiger partial charge in [-0.15, -0.1) is 0 Å². The highest BCUT2D eigenvalue weighted by Gasteiger charge is 2.34. The molecule has 1 saturated heterocycles. The van der Waals surface area contributed by atoms with Crippen molar-refractivity contribution < 1.29 is 19.7 Å². The van der Waals surface area contributed by atoms with Crippen molar-refractivity contribution in [1.29, 1.82) is 0 Å². The summed E-state index contributed by atoms with van der Waals surface area (Å²) >= 11 is 0. The van der Waals surface area contributed by atoms with Crippen molar-refractivity contribution in [3.8, 4) is 5.75 Å². The second kappa shape index (κ2) is 11.4. The number of methoxy groups -OCH3 is 1. The average Bonchev–Trinajstić information content (AvgIpc) is 2.87. The van der Waals surface area contributed by atoms with E-state index in [9.17, 15) is 15.0 Å². The third kappa shape index (κ3) is 5.87. The maximum Gasteiger partial charge on any atom is 0.308 e. The topological polar surface area (TPSA) is 109 Å². The summed E-state index contributed by atoms with van der Waals surface area (Å²) in [5.41, 5.74) is 2.56. The van der Waals surface area contributed by atoms with Gasteiger partial charge in [0.25, 0.3) is 0 Å². The van der Waals surface area contributed by atoms with E-state index in [2.05, 4.69) is 20.1 Å². The molecule has 0 unspecified atom stereocenters. The van der Waals surface area contributed by atoms with Gasteiger partial charge in [-0.3, -0.25) is 9.78 Å². The van der Waals surface area contributed by atoms with E-state index < -0.39 is 18.0 Å². The number of ether oxygens (including phenoxy) is 1. The van der Waals surface area contributed by atoms with Gasteiger partial charge < -0.3 is 19.8 Å². The number of fused-ring (bicyclic) bond motifs is 1. The molecule has 2 N–H and O–H groups in total. The van der Waals surface area contributed by atoms with E-state index in [0.29, 0.717) is 25.1 Å². The quantitative estimate of drug-likeness (QED) is 0.469. The molecule has 3 aromatic rings. The first-order valence-electron chi connectivity index (χ1n) is 11.9. The van der Waals surface area contributed by atoms with E-state index in [1.165, 1.54) is 0 Å². The molecule has 0 bridgehead atoms. The normalized spacial score (nSPS) is 19.7. The van der Waals surface area contributed by atoms with Crippen LogP contribution in [0.2, 0.25) is 0 Å². The number of aliphatic carboxylic acids is 1. The minimum atomic E-state index is -0.753. The lowest BCUT2D eigenvalue weighted by molar-refractivity contribution is -0.146. The zero-order chi connectivity index (χ0) is 23.9. The fraction of sp³-hybridized carbons (Fsp3) is 0.462. The molecule has 3 heterocycles. The minimum Gasteiger partial charge on any atom is -0.497 e. The molecule has 0 spiro atoms. The van der Waals surface area contributed by atoms with Crippen molar-refractivity contribution in [2.24, 2.45) is 11.8 Å². The smallest absolute Gasteiger partial charge is 0.308 e. The molecule has 180 valence electrons. The lowest BCUT2D eigenvalue weighted by Gasteiger charge is -2.37. The van der Waals surface area contributed by atoms with Crippen LogP contribution < -0.4 is 4.74 Å². The summed E-state index contributed by atoms with van der Waals surface area (Å²) in [5.74, 6) is -0.415. The number of aliphatic hydroxyl groups is 1. The van der Waals surface area contributed by atoms with Gasteiger partial charge in [-0.2, -0.15) is 10.2 Å². The summed E-state index contributed by atoms with van der Waals surface area (Å²) in [4.78, 5) is 18.7. The molecule has 1 fully saturated rings. The Morgan fingerprint density at radius 3 is 2.91 bits per heavy atom. The van der Waals surface area contributed by atoms with Crippen molar-refractivity contribution in [3.63, 3.8) is 0 Å². The van der Waals surface area contributed by atoms with Crippen LogP contribution >= 0.6 is 0 Å². The lowest BCUT2D eigenvalue weighted by atomic mass is 9.81. The van der Waals surface area contributed by atoms with Gasteiger partial charge in [-0.1, -0.05) is 0 Å². The first-order valence-corrected chi connectivity index (χ1v) is 11.9. The maximum absolute atomic E-state index is 12.0.